The Hall–Kier alpha value is -3.13. The summed E-state index contributed by atoms with van der Waals surface area (Å²) in [5.41, 5.74) is 2.39. The molecule has 0 atom stereocenters. The van der Waals surface area contributed by atoms with Gasteiger partial charge in [0.05, 0.1) is 17.9 Å². The lowest BCUT2D eigenvalue weighted by molar-refractivity contribution is -0.138. The summed E-state index contributed by atoms with van der Waals surface area (Å²) in [7, 11) is 0. The van der Waals surface area contributed by atoms with Gasteiger partial charge < -0.3 is 10.1 Å². The number of aryl methyl sites for hydroxylation is 2. The lowest BCUT2D eigenvalue weighted by Crippen LogP contribution is -2.10. The average molecular weight is 472 g/mol. The second-order valence-corrected chi connectivity index (χ2v) is 8.88. The molecule has 8 heteroatoms. The Labute approximate surface area is 194 Å². The summed E-state index contributed by atoms with van der Waals surface area (Å²) < 4.78 is 46.6. The first-order valence-electron chi connectivity index (χ1n) is 10.7. The van der Waals surface area contributed by atoms with Crippen LogP contribution in [0.25, 0.3) is 5.57 Å². The van der Waals surface area contributed by atoms with Gasteiger partial charge in [-0.1, -0.05) is 36.4 Å². The number of thiazole rings is 1. The molecule has 33 heavy (non-hydrogen) atoms. The Morgan fingerprint density at radius 2 is 1.94 bits per heavy atom. The molecule has 0 radical (unpaired) electrons. The van der Waals surface area contributed by atoms with Crippen LogP contribution in [-0.4, -0.2) is 24.4 Å². The summed E-state index contributed by atoms with van der Waals surface area (Å²) >= 11 is 1.40. The molecule has 2 heterocycles. The van der Waals surface area contributed by atoms with Crippen molar-refractivity contribution in [1.29, 1.82) is 0 Å². The Bertz CT molecular complexity index is 1150. The van der Waals surface area contributed by atoms with Gasteiger partial charge >= 0.3 is 6.18 Å². The van der Waals surface area contributed by atoms with Crippen molar-refractivity contribution in [2.45, 2.75) is 32.4 Å². The van der Waals surface area contributed by atoms with Gasteiger partial charge in [-0.05, 0) is 49.9 Å². The van der Waals surface area contributed by atoms with Gasteiger partial charge in [0.1, 0.15) is 5.75 Å². The first kappa shape index (κ1) is 23.0. The number of ether oxygens (including phenoxy) is 1. The normalized spacial score (nSPS) is 13.6. The van der Waals surface area contributed by atoms with E-state index in [4.69, 9.17) is 4.74 Å². The van der Waals surface area contributed by atoms with Gasteiger partial charge in [-0.2, -0.15) is 13.2 Å². The van der Waals surface area contributed by atoms with Crippen molar-refractivity contribution in [1.82, 2.24) is 4.98 Å². The summed E-state index contributed by atoms with van der Waals surface area (Å²) in [5.74, 6) is -0.166. The van der Waals surface area contributed by atoms with Gasteiger partial charge in [0.2, 0.25) is 0 Å². The van der Waals surface area contributed by atoms with E-state index < -0.39 is 11.7 Å². The molecule has 0 fully saturated rings. The van der Waals surface area contributed by atoms with Gasteiger partial charge in [0.15, 0.2) is 5.13 Å². The monoisotopic (exact) mass is 471 g/mol. The molecule has 2 aromatic carbocycles. The first-order chi connectivity index (χ1) is 15.9. The van der Waals surface area contributed by atoms with Crippen molar-refractivity contribution in [3.8, 4) is 5.75 Å². The lowest BCUT2D eigenvalue weighted by Gasteiger charge is -2.15. The van der Waals surface area contributed by atoms with Crippen LogP contribution >= 0.6 is 11.3 Å². The van der Waals surface area contributed by atoms with E-state index in [9.17, 15) is 13.2 Å². The van der Waals surface area contributed by atoms with Crippen LogP contribution in [0.2, 0.25) is 0 Å². The highest BCUT2D eigenvalue weighted by atomic mass is 32.1. The third-order valence-corrected chi connectivity index (χ3v) is 6.06. The van der Waals surface area contributed by atoms with E-state index in [1.807, 2.05) is 37.3 Å². The third-order valence-electron chi connectivity index (χ3n) is 5.17. The molecule has 1 aliphatic heterocycles. The molecule has 0 saturated carbocycles. The molecule has 1 aromatic heterocycles. The predicted molar refractivity (Wildman–Crippen MR) is 128 cm³/mol. The van der Waals surface area contributed by atoms with Crippen LogP contribution < -0.4 is 10.1 Å². The van der Waals surface area contributed by atoms with E-state index in [1.54, 1.807) is 12.3 Å². The molecule has 3 aromatic rings. The zero-order chi connectivity index (χ0) is 23.3. The highest BCUT2D eigenvalue weighted by Gasteiger charge is 2.35. The zero-order valence-corrected chi connectivity index (χ0v) is 19.0. The Balaban J connectivity index is 1.45. The molecule has 0 spiro atoms. The summed E-state index contributed by atoms with van der Waals surface area (Å²) in [6.07, 6.45) is 1.56. The zero-order valence-electron chi connectivity index (χ0n) is 18.2. The second kappa shape index (κ2) is 10.2. The second-order valence-electron chi connectivity index (χ2n) is 7.68. The number of aliphatic imine (C=N–C) groups is 1. The third kappa shape index (κ3) is 6.01. The van der Waals surface area contributed by atoms with Crippen LogP contribution in [0, 0.1) is 6.92 Å². The van der Waals surface area contributed by atoms with Gasteiger partial charge in [-0.25, -0.2) is 4.98 Å². The molecule has 172 valence electrons. The molecule has 0 unspecified atom stereocenters. The minimum absolute atomic E-state index is 0.166. The fourth-order valence-electron chi connectivity index (χ4n) is 3.57. The maximum absolute atomic E-state index is 13.7. The highest BCUT2D eigenvalue weighted by Crippen LogP contribution is 2.39. The van der Waals surface area contributed by atoms with Crippen molar-refractivity contribution in [2.75, 3.05) is 18.5 Å². The number of aromatic nitrogens is 1. The van der Waals surface area contributed by atoms with Gasteiger partial charge in [-0.15, -0.1) is 11.3 Å². The van der Waals surface area contributed by atoms with Crippen molar-refractivity contribution in [3.63, 3.8) is 0 Å². The topological polar surface area (TPSA) is 46.5 Å². The molecule has 1 aliphatic rings. The standard InChI is InChI=1S/C25H24F3N3OS/c1-17-23(19-10-5-13-29-16-19)31-24(33-17)30-20-11-12-22(21(15-20)25(26,27)28)32-14-6-9-18-7-3-2-4-8-18/h2-4,7-8,10-12,15-16H,5-6,9,13-14H2,1H3,(H,30,31). The average Bonchev–Trinajstić information content (AvgIpc) is 3.18. The fraction of sp³-hybridized carbons (Fsp3) is 0.280. The van der Waals surface area contributed by atoms with Crippen molar-refractivity contribution in [3.05, 3.63) is 76.3 Å². The summed E-state index contributed by atoms with van der Waals surface area (Å²) in [6.45, 7) is 2.91. The SMILES string of the molecule is Cc1sc(Nc2ccc(OCCCc3ccccc3)c(C(F)(F)F)c2)nc1C1=CCCN=C1. The van der Waals surface area contributed by atoms with Crippen molar-refractivity contribution in [2.24, 2.45) is 4.99 Å². The molecule has 0 bridgehead atoms. The number of nitrogens with zero attached hydrogens (tertiary/aromatic N) is 2. The first-order valence-corrected chi connectivity index (χ1v) is 11.5. The number of anilines is 2. The van der Waals surface area contributed by atoms with E-state index in [0.717, 1.165) is 47.2 Å². The van der Waals surface area contributed by atoms with Gasteiger partial charge in [0.25, 0.3) is 0 Å². The maximum Gasteiger partial charge on any atom is 0.420 e. The van der Waals surface area contributed by atoms with E-state index in [0.29, 0.717) is 17.2 Å². The quantitative estimate of drug-likeness (QED) is 0.357. The maximum atomic E-state index is 13.7. The van der Waals surface area contributed by atoms with Crippen LogP contribution in [0.4, 0.5) is 24.0 Å². The Morgan fingerprint density at radius 1 is 1.12 bits per heavy atom. The van der Waals surface area contributed by atoms with Crippen LogP contribution in [0.15, 0.2) is 59.6 Å². The number of rotatable bonds is 8. The van der Waals surface area contributed by atoms with Crippen LogP contribution in [0.1, 0.15) is 34.5 Å². The van der Waals surface area contributed by atoms with E-state index in [1.165, 1.54) is 17.4 Å². The molecule has 0 aliphatic carbocycles. The Kier molecular flexibility index (Phi) is 7.13. The van der Waals surface area contributed by atoms with Crippen molar-refractivity contribution < 1.29 is 17.9 Å². The van der Waals surface area contributed by atoms with E-state index >= 15 is 0 Å². The number of nitrogens with one attached hydrogen (secondary N) is 1. The summed E-state index contributed by atoms with van der Waals surface area (Å²) in [6, 6.07) is 13.8. The summed E-state index contributed by atoms with van der Waals surface area (Å²) in [4.78, 5) is 9.82. The number of benzene rings is 2. The minimum atomic E-state index is -4.53. The molecular formula is C25H24F3N3OS. The number of halogens is 3. The van der Waals surface area contributed by atoms with E-state index in [-0.39, 0.29) is 12.4 Å². The smallest absolute Gasteiger partial charge is 0.420 e. The minimum Gasteiger partial charge on any atom is -0.493 e. The molecule has 0 saturated heterocycles. The molecule has 0 amide bonds. The van der Waals surface area contributed by atoms with E-state index in [2.05, 4.69) is 21.4 Å². The number of hydrogen-bond donors (Lipinski definition) is 1. The highest BCUT2D eigenvalue weighted by molar-refractivity contribution is 7.15. The molecule has 4 nitrogen and oxygen atoms in total. The lowest BCUT2D eigenvalue weighted by atomic mass is 10.1. The van der Waals surface area contributed by atoms with Crippen LogP contribution in [-0.2, 0) is 12.6 Å². The Morgan fingerprint density at radius 3 is 2.67 bits per heavy atom. The number of alkyl halides is 3. The number of hydrogen-bond acceptors (Lipinski definition) is 5. The van der Waals surface area contributed by atoms with Crippen molar-refractivity contribution >= 4 is 33.9 Å². The molecule has 1 N–H and O–H groups in total. The van der Waals surface area contributed by atoms with Gasteiger partial charge in [-0.3, -0.25) is 4.99 Å². The number of allylic oxidation sites excluding steroid dienone is 1. The van der Waals surface area contributed by atoms with Crippen LogP contribution in [0.5, 0.6) is 5.75 Å². The number of dihydropyridines is 1. The van der Waals surface area contributed by atoms with Gasteiger partial charge in [0, 0.05) is 28.9 Å². The predicted octanol–water partition coefficient (Wildman–Crippen LogP) is 7.08. The fourth-order valence-corrected chi connectivity index (χ4v) is 4.42. The van der Waals surface area contributed by atoms with Crippen LogP contribution in [0.3, 0.4) is 0 Å². The largest absolute Gasteiger partial charge is 0.493 e. The molecular weight excluding hydrogens is 447 g/mol. The summed E-state index contributed by atoms with van der Waals surface area (Å²) in [5, 5.41) is 3.55. The molecule has 4 rings (SSSR count).